The molecular weight excluding hydrogens is 398 g/mol. The monoisotopic (exact) mass is 417 g/mol. The number of carbonyl (C=O) groups excluding carboxylic acids is 3. The van der Waals surface area contributed by atoms with Gasteiger partial charge in [-0.15, -0.1) is 0 Å². The number of anilines is 1. The quantitative estimate of drug-likeness (QED) is 0.349. The molecule has 1 amide bonds. The first-order chi connectivity index (χ1) is 15.1. The molecule has 0 atom stereocenters. The normalized spacial score (nSPS) is 10.5. The Morgan fingerprint density at radius 3 is 2.52 bits per heavy atom. The van der Waals surface area contributed by atoms with Crippen LogP contribution in [0.15, 0.2) is 73.2 Å². The first-order valence-electron chi connectivity index (χ1n) is 9.40. The van der Waals surface area contributed by atoms with Gasteiger partial charge in [0.05, 0.1) is 29.7 Å². The first kappa shape index (κ1) is 21.4. The number of pyridine rings is 2. The van der Waals surface area contributed by atoms with Gasteiger partial charge in [0, 0.05) is 24.0 Å². The topological polar surface area (TPSA) is 107 Å². The Kier molecular flexibility index (Phi) is 7.21. The summed E-state index contributed by atoms with van der Waals surface area (Å²) in [5.74, 6) is -0.747. The number of hydrogen-bond acceptors (Lipinski definition) is 7. The molecule has 0 saturated heterocycles. The summed E-state index contributed by atoms with van der Waals surface area (Å²) in [7, 11) is 0. The Bertz CT molecular complexity index is 1100. The second kappa shape index (κ2) is 10.4. The van der Waals surface area contributed by atoms with Gasteiger partial charge in [0.25, 0.3) is 0 Å². The van der Waals surface area contributed by atoms with Gasteiger partial charge in [-0.25, -0.2) is 9.59 Å². The number of rotatable bonds is 7. The number of amides is 1. The third-order valence-corrected chi connectivity index (χ3v) is 3.96. The Morgan fingerprint density at radius 1 is 1.03 bits per heavy atom. The lowest BCUT2D eigenvalue weighted by atomic mass is 10.1. The Morgan fingerprint density at radius 2 is 1.81 bits per heavy atom. The molecule has 0 aliphatic heterocycles. The Labute approximate surface area is 178 Å². The molecule has 0 fully saturated rings. The smallest absolute Gasteiger partial charge is 0.411 e. The van der Waals surface area contributed by atoms with Crippen LogP contribution in [0.1, 0.15) is 33.3 Å². The summed E-state index contributed by atoms with van der Waals surface area (Å²) in [4.78, 5) is 44.6. The lowest BCUT2D eigenvalue weighted by Crippen LogP contribution is -2.15. The summed E-state index contributed by atoms with van der Waals surface area (Å²) >= 11 is 0. The van der Waals surface area contributed by atoms with Crippen molar-refractivity contribution in [1.29, 1.82) is 0 Å². The highest BCUT2D eigenvalue weighted by Gasteiger charge is 2.13. The van der Waals surface area contributed by atoms with Gasteiger partial charge in [-0.1, -0.05) is 30.3 Å². The van der Waals surface area contributed by atoms with Gasteiger partial charge in [-0.3, -0.25) is 20.1 Å². The van der Waals surface area contributed by atoms with Gasteiger partial charge in [0.1, 0.15) is 0 Å². The fourth-order valence-electron chi connectivity index (χ4n) is 2.52. The van der Waals surface area contributed by atoms with Crippen LogP contribution < -0.4 is 10.1 Å². The SMILES string of the molecule is CCOC(=O)Nc1cc(OC(=O)c2cccnc2)cnc1/C=C/C(=O)c1ccccc1. The molecule has 0 radical (unpaired) electrons. The minimum atomic E-state index is -0.705. The number of nitrogens with one attached hydrogen (secondary N) is 1. The largest absolute Gasteiger partial charge is 0.450 e. The van der Waals surface area contributed by atoms with Gasteiger partial charge in [-0.2, -0.15) is 0 Å². The third-order valence-electron chi connectivity index (χ3n) is 3.96. The molecule has 3 rings (SSSR count). The molecule has 0 saturated carbocycles. The highest BCUT2D eigenvalue weighted by molar-refractivity contribution is 6.07. The molecule has 8 nitrogen and oxygen atoms in total. The van der Waals surface area contributed by atoms with Crippen molar-refractivity contribution in [2.75, 3.05) is 11.9 Å². The number of ether oxygens (including phenoxy) is 2. The van der Waals surface area contributed by atoms with Crippen molar-refractivity contribution in [3.8, 4) is 5.75 Å². The van der Waals surface area contributed by atoms with Crippen LogP contribution in [-0.2, 0) is 4.74 Å². The van der Waals surface area contributed by atoms with Crippen LogP contribution in [0.25, 0.3) is 6.08 Å². The Balaban J connectivity index is 1.84. The third kappa shape index (κ3) is 6.07. The average molecular weight is 417 g/mol. The fraction of sp³-hybridized carbons (Fsp3) is 0.0870. The maximum absolute atomic E-state index is 12.3. The van der Waals surface area contributed by atoms with E-state index in [1.54, 1.807) is 43.3 Å². The van der Waals surface area contributed by atoms with Gasteiger partial charge in [0.15, 0.2) is 11.5 Å². The van der Waals surface area contributed by atoms with E-state index in [0.717, 1.165) is 0 Å². The molecule has 2 heterocycles. The second-order valence-corrected chi connectivity index (χ2v) is 6.14. The van der Waals surface area contributed by atoms with Crippen molar-refractivity contribution in [1.82, 2.24) is 9.97 Å². The second-order valence-electron chi connectivity index (χ2n) is 6.14. The van der Waals surface area contributed by atoms with E-state index in [1.807, 2.05) is 6.07 Å². The van der Waals surface area contributed by atoms with Crippen LogP contribution in [-0.4, -0.2) is 34.4 Å². The number of hydrogen-bond donors (Lipinski definition) is 1. The van der Waals surface area contributed by atoms with E-state index in [-0.39, 0.29) is 29.4 Å². The summed E-state index contributed by atoms with van der Waals surface area (Å²) in [6.45, 7) is 1.84. The predicted octanol–water partition coefficient (Wildman–Crippen LogP) is 4.16. The van der Waals surface area contributed by atoms with Crippen molar-refractivity contribution in [2.45, 2.75) is 6.92 Å². The maximum Gasteiger partial charge on any atom is 0.411 e. The molecular formula is C23H19N3O5. The molecule has 1 N–H and O–H groups in total. The summed E-state index contributed by atoms with van der Waals surface area (Å²) in [5, 5.41) is 2.54. The highest BCUT2D eigenvalue weighted by atomic mass is 16.5. The van der Waals surface area contributed by atoms with Crippen LogP contribution >= 0.6 is 0 Å². The summed E-state index contributed by atoms with van der Waals surface area (Å²) in [6.07, 6.45) is 6.33. The fourth-order valence-corrected chi connectivity index (χ4v) is 2.52. The van der Waals surface area contributed by atoms with Crippen molar-refractivity contribution >= 4 is 29.6 Å². The number of benzene rings is 1. The predicted molar refractivity (Wildman–Crippen MR) is 114 cm³/mol. The average Bonchev–Trinajstić information content (AvgIpc) is 2.79. The minimum Gasteiger partial charge on any atom is -0.450 e. The molecule has 156 valence electrons. The number of ketones is 1. The zero-order valence-electron chi connectivity index (χ0n) is 16.6. The van der Waals surface area contributed by atoms with Crippen molar-refractivity contribution < 1.29 is 23.9 Å². The summed E-state index contributed by atoms with van der Waals surface area (Å²) < 4.78 is 10.2. The molecule has 0 aliphatic carbocycles. The standard InChI is InChI=1S/C23H19N3O5/c1-2-30-23(29)26-20-13-18(31-22(28)17-9-6-12-24-14-17)15-25-19(20)10-11-21(27)16-7-4-3-5-8-16/h3-15H,2H2,1H3,(H,26,29)/b11-10+. The number of allylic oxidation sites excluding steroid dienone is 1. The number of esters is 1. The minimum absolute atomic E-state index is 0.104. The van der Waals surface area contributed by atoms with E-state index in [1.165, 1.54) is 36.8 Å². The van der Waals surface area contributed by atoms with Crippen LogP contribution in [0, 0.1) is 0 Å². The molecule has 0 unspecified atom stereocenters. The Hall–Kier alpha value is -4.33. The molecule has 1 aromatic carbocycles. The van der Waals surface area contributed by atoms with Crippen LogP contribution in [0.4, 0.5) is 10.5 Å². The van der Waals surface area contributed by atoms with E-state index in [0.29, 0.717) is 11.3 Å². The van der Waals surface area contributed by atoms with Gasteiger partial charge >= 0.3 is 12.1 Å². The first-order valence-corrected chi connectivity index (χ1v) is 9.40. The van der Waals surface area contributed by atoms with Crippen molar-refractivity contribution in [3.63, 3.8) is 0 Å². The summed E-state index contributed by atoms with van der Waals surface area (Å²) in [6, 6.07) is 13.3. The van der Waals surface area contributed by atoms with E-state index in [9.17, 15) is 14.4 Å². The maximum atomic E-state index is 12.3. The highest BCUT2D eigenvalue weighted by Crippen LogP contribution is 2.23. The van der Waals surface area contributed by atoms with E-state index in [4.69, 9.17) is 9.47 Å². The van der Waals surface area contributed by atoms with Gasteiger partial charge < -0.3 is 9.47 Å². The molecule has 0 aliphatic rings. The lowest BCUT2D eigenvalue weighted by molar-refractivity contribution is 0.0733. The molecule has 31 heavy (non-hydrogen) atoms. The lowest BCUT2D eigenvalue weighted by Gasteiger charge is -2.10. The van der Waals surface area contributed by atoms with Crippen LogP contribution in [0.5, 0.6) is 5.75 Å². The van der Waals surface area contributed by atoms with Gasteiger partial charge in [0.2, 0.25) is 0 Å². The molecule has 0 spiro atoms. The summed E-state index contributed by atoms with van der Waals surface area (Å²) in [5.41, 5.74) is 1.28. The van der Waals surface area contributed by atoms with E-state index < -0.39 is 12.1 Å². The zero-order chi connectivity index (χ0) is 22.1. The molecule has 2 aromatic heterocycles. The molecule has 3 aromatic rings. The number of aromatic nitrogens is 2. The van der Waals surface area contributed by atoms with Crippen LogP contribution in [0.3, 0.4) is 0 Å². The van der Waals surface area contributed by atoms with E-state index in [2.05, 4.69) is 15.3 Å². The van der Waals surface area contributed by atoms with E-state index >= 15 is 0 Å². The molecule has 0 bridgehead atoms. The van der Waals surface area contributed by atoms with Crippen LogP contribution in [0.2, 0.25) is 0 Å². The van der Waals surface area contributed by atoms with Gasteiger partial charge in [-0.05, 0) is 31.2 Å². The number of carbonyl (C=O) groups is 3. The number of nitrogens with zero attached hydrogens (tertiary/aromatic N) is 2. The van der Waals surface area contributed by atoms with Crippen molar-refractivity contribution in [2.24, 2.45) is 0 Å². The molecule has 8 heteroatoms. The van der Waals surface area contributed by atoms with Crippen molar-refractivity contribution in [3.05, 3.63) is 90.0 Å². The zero-order valence-corrected chi connectivity index (χ0v) is 16.6.